The maximum atomic E-state index is 9.81. The van der Waals surface area contributed by atoms with Crippen molar-refractivity contribution in [2.75, 3.05) is 0 Å². The summed E-state index contributed by atoms with van der Waals surface area (Å²) < 4.78 is 0. The van der Waals surface area contributed by atoms with Crippen molar-refractivity contribution in [3.63, 3.8) is 0 Å². The zero-order valence-electron chi connectivity index (χ0n) is 8.87. The quantitative estimate of drug-likeness (QED) is 0.643. The summed E-state index contributed by atoms with van der Waals surface area (Å²) in [5.41, 5.74) is -0.604. The van der Waals surface area contributed by atoms with Crippen LogP contribution in [-0.4, -0.2) is 38.4 Å². The van der Waals surface area contributed by atoms with Crippen LogP contribution in [0.2, 0.25) is 0 Å². The summed E-state index contributed by atoms with van der Waals surface area (Å²) in [7, 11) is 0. The van der Waals surface area contributed by atoms with Crippen molar-refractivity contribution in [1.29, 1.82) is 0 Å². The maximum absolute atomic E-state index is 9.81. The van der Waals surface area contributed by atoms with Gasteiger partial charge >= 0.3 is 0 Å². The molecule has 76 valence electrons. The minimum Gasteiger partial charge on any atom is -0.387 e. The molecule has 13 heavy (non-hydrogen) atoms. The lowest BCUT2D eigenvalue weighted by Crippen LogP contribution is -2.51. The number of hydroxylamine groups is 2. The van der Waals surface area contributed by atoms with Crippen LogP contribution in [0.5, 0.6) is 0 Å². The number of hydrogen-bond acceptors (Lipinski definition) is 4. The van der Waals surface area contributed by atoms with E-state index in [4.69, 9.17) is 0 Å². The Morgan fingerprint density at radius 3 is 1.92 bits per heavy atom. The number of nitrogens with zero attached hydrogens (tertiary/aromatic N) is 2. The van der Waals surface area contributed by atoms with Crippen LogP contribution >= 0.6 is 0 Å². The van der Waals surface area contributed by atoms with Crippen molar-refractivity contribution in [3.8, 4) is 0 Å². The minimum absolute atomic E-state index is 0.586. The highest BCUT2D eigenvalue weighted by Gasteiger charge is 2.48. The monoisotopic (exact) mass is 186 g/mol. The average Bonchev–Trinajstić information content (AvgIpc) is 2.11. The van der Waals surface area contributed by atoms with Crippen molar-refractivity contribution in [2.24, 2.45) is 4.99 Å². The summed E-state index contributed by atoms with van der Waals surface area (Å²) in [4.78, 5) is 4.30. The number of aliphatic hydroxyl groups is 1. The molecule has 0 aromatic carbocycles. The van der Waals surface area contributed by atoms with Gasteiger partial charge in [0.15, 0.2) is 0 Å². The van der Waals surface area contributed by atoms with Gasteiger partial charge in [-0.15, -0.1) is 0 Å². The number of aliphatic hydroxyl groups excluding tert-OH is 1. The number of rotatable bonds is 1. The molecule has 1 unspecified atom stereocenters. The van der Waals surface area contributed by atoms with Gasteiger partial charge in [-0.05, 0) is 34.6 Å². The summed E-state index contributed by atoms with van der Waals surface area (Å²) in [6.07, 6.45) is -0.619. The van der Waals surface area contributed by atoms with Crippen LogP contribution < -0.4 is 0 Å². The van der Waals surface area contributed by atoms with E-state index in [1.54, 1.807) is 6.92 Å². The van der Waals surface area contributed by atoms with E-state index >= 15 is 0 Å². The van der Waals surface area contributed by atoms with Crippen molar-refractivity contribution in [2.45, 2.75) is 51.9 Å². The smallest absolute Gasteiger partial charge is 0.130 e. The molecule has 1 heterocycles. The Kier molecular flexibility index (Phi) is 2.26. The second-order valence-corrected chi connectivity index (χ2v) is 4.54. The number of hydrogen-bond donors (Lipinski definition) is 2. The molecule has 0 aromatic rings. The normalized spacial score (nSPS) is 28.7. The molecular formula is C9H18N2O2. The van der Waals surface area contributed by atoms with Crippen LogP contribution in [0.15, 0.2) is 4.99 Å². The van der Waals surface area contributed by atoms with Crippen LogP contribution in [0, 0.1) is 0 Å². The molecule has 1 atom stereocenters. The van der Waals surface area contributed by atoms with Crippen LogP contribution in [0.25, 0.3) is 0 Å². The van der Waals surface area contributed by atoms with Crippen molar-refractivity contribution in [3.05, 3.63) is 0 Å². The zero-order chi connectivity index (χ0) is 10.4. The number of aliphatic imine (C=N–C) groups is 1. The van der Waals surface area contributed by atoms with Crippen molar-refractivity contribution in [1.82, 2.24) is 5.06 Å². The Morgan fingerprint density at radius 1 is 1.31 bits per heavy atom. The molecule has 0 saturated carbocycles. The second-order valence-electron chi connectivity index (χ2n) is 4.54. The van der Waals surface area contributed by atoms with Gasteiger partial charge in [-0.2, -0.15) is 5.06 Å². The summed E-state index contributed by atoms with van der Waals surface area (Å²) >= 11 is 0. The van der Waals surface area contributed by atoms with Crippen LogP contribution in [-0.2, 0) is 0 Å². The zero-order valence-corrected chi connectivity index (χ0v) is 8.87. The largest absolute Gasteiger partial charge is 0.387 e. The first-order valence-electron chi connectivity index (χ1n) is 4.47. The SMILES string of the molecule is CC(O)C1=NC(C)(C)N(O)C1(C)C. The molecule has 0 saturated heterocycles. The topological polar surface area (TPSA) is 56.1 Å². The van der Waals surface area contributed by atoms with Gasteiger partial charge in [-0.3, -0.25) is 4.99 Å². The van der Waals surface area contributed by atoms with E-state index < -0.39 is 17.3 Å². The fourth-order valence-electron chi connectivity index (χ4n) is 1.88. The Bertz CT molecular complexity index is 244. The van der Waals surface area contributed by atoms with Crippen molar-refractivity contribution < 1.29 is 10.3 Å². The van der Waals surface area contributed by atoms with Gasteiger partial charge in [0.25, 0.3) is 0 Å². The van der Waals surface area contributed by atoms with E-state index in [1.807, 2.05) is 27.7 Å². The molecule has 1 rings (SSSR count). The molecule has 0 spiro atoms. The molecule has 0 radical (unpaired) electrons. The van der Waals surface area contributed by atoms with Crippen LogP contribution in [0.1, 0.15) is 34.6 Å². The molecule has 0 fully saturated rings. The highest BCUT2D eigenvalue weighted by atomic mass is 16.5. The summed E-state index contributed by atoms with van der Waals surface area (Å²) in [6.45, 7) is 8.96. The predicted molar refractivity (Wildman–Crippen MR) is 50.9 cm³/mol. The Morgan fingerprint density at radius 2 is 1.77 bits per heavy atom. The summed E-state index contributed by atoms with van der Waals surface area (Å²) in [5, 5.41) is 20.5. The lowest BCUT2D eigenvalue weighted by atomic mass is 9.95. The third-order valence-electron chi connectivity index (χ3n) is 2.46. The van der Waals surface area contributed by atoms with Gasteiger partial charge < -0.3 is 10.3 Å². The molecule has 0 aliphatic carbocycles. The third kappa shape index (κ3) is 1.49. The highest BCUT2D eigenvalue weighted by molar-refractivity contribution is 5.97. The molecule has 0 aromatic heterocycles. The Labute approximate surface area is 78.9 Å². The van der Waals surface area contributed by atoms with E-state index in [-0.39, 0.29) is 0 Å². The molecular weight excluding hydrogens is 168 g/mol. The van der Waals surface area contributed by atoms with Crippen LogP contribution in [0.4, 0.5) is 0 Å². The second kappa shape index (κ2) is 2.77. The Balaban J connectivity index is 3.10. The lowest BCUT2D eigenvalue weighted by Gasteiger charge is -2.34. The summed E-state index contributed by atoms with van der Waals surface area (Å²) in [5.74, 6) is 0. The molecule has 4 nitrogen and oxygen atoms in total. The molecule has 1 aliphatic heterocycles. The first-order chi connectivity index (χ1) is 5.69. The van der Waals surface area contributed by atoms with Gasteiger partial charge in [-0.25, -0.2) is 0 Å². The Hall–Kier alpha value is -0.450. The fraction of sp³-hybridized carbons (Fsp3) is 0.889. The fourth-order valence-corrected chi connectivity index (χ4v) is 1.88. The maximum Gasteiger partial charge on any atom is 0.130 e. The first kappa shape index (κ1) is 10.6. The van der Waals surface area contributed by atoms with E-state index in [2.05, 4.69) is 4.99 Å². The van der Waals surface area contributed by atoms with Gasteiger partial charge in [0.05, 0.1) is 17.4 Å². The standard InChI is InChI=1S/C9H18N2O2/c1-6(12)7-8(2,3)11(13)9(4,5)10-7/h6,12-13H,1-5H3. The molecule has 0 bridgehead atoms. The average molecular weight is 186 g/mol. The van der Waals surface area contributed by atoms with Crippen molar-refractivity contribution >= 4 is 5.71 Å². The van der Waals surface area contributed by atoms with Gasteiger partial charge in [0.1, 0.15) is 5.66 Å². The van der Waals surface area contributed by atoms with Gasteiger partial charge in [0.2, 0.25) is 0 Å². The van der Waals surface area contributed by atoms with Gasteiger partial charge in [-0.1, -0.05) is 0 Å². The minimum atomic E-state index is -0.643. The van der Waals surface area contributed by atoms with E-state index in [0.717, 1.165) is 0 Å². The predicted octanol–water partition coefficient (Wildman–Crippen LogP) is 1.03. The molecule has 2 N–H and O–H groups in total. The van der Waals surface area contributed by atoms with E-state index in [1.165, 1.54) is 5.06 Å². The van der Waals surface area contributed by atoms with E-state index in [9.17, 15) is 10.3 Å². The highest BCUT2D eigenvalue weighted by Crippen LogP contribution is 2.33. The van der Waals surface area contributed by atoms with Crippen LogP contribution in [0.3, 0.4) is 0 Å². The first-order valence-corrected chi connectivity index (χ1v) is 4.47. The van der Waals surface area contributed by atoms with Gasteiger partial charge in [0, 0.05) is 0 Å². The van der Waals surface area contributed by atoms with E-state index in [0.29, 0.717) is 5.71 Å². The lowest BCUT2D eigenvalue weighted by molar-refractivity contribution is -0.188. The summed E-state index contributed by atoms with van der Waals surface area (Å²) in [6, 6.07) is 0. The molecule has 1 aliphatic rings. The molecule has 4 heteroatoms. The third-order valence-corrected chi connectivity index (χ3v) is 2.46. The molecule has 0 amide bonds.